The molecule has 2 nitrogen and oxygen atoms in total. The summed E-state index contributed by atoms with van der Waals surface area (Å²) in [5.74, 6) is 0.0281. The van der Waals surface area contributed by atoms with Crippen LogP contribution in [0.5, 0.6) is 0 Å². The summed E-state index contributed by atoms with van der Waals surface area (Å²) in [5.41, 5.74) is 0. The number of carbonyl (C=O) groups is 1. The van der Waals surface area contributed by atoms with Gasteiger partial charge in [0.05, 0.1) is 12.5 Å². The molecule has 1 saturated heterocycles. The standard InChI is InChI=1S/C9H12O2/c1-3-5-8-7(4-2)6-11-9(8)10/h3-4,7-8H,1-2,5-6H2/t7-,8+/m1/s1. The van der Waals surface area contributed by atoms with Crippen molar-refractivity contribution in [3.63, 3.8) is 0 Å². The van der Waals surface area contributed by atoms with Crippen molar-refractivity contribution in [3.05, 3.63) is 25.3 Å². The minimum atomic E-state index is -0.116. The van der Waals surface area contributed by atoms with Crippen molar-refractivity contribution in [2.24, 2.45) is 11.8 Å². The molecule has 0 N–H and O–H groups in total. The average Bonchev–Trinajstić information content (AvgIpc) is 2.34. The van der Waals surface area contributed by atoms with E-state index >= 15 is 0 Å². The smallest absolute Gasteiger partial charge is 0.309 e. The molecule has 0 amide bonds. The van der Waals surface area contributed by atoms with E-state index in [0.717, 1.165) is 0 Å². The monoisotopic (exact) mass is 152 g/mol. The highest BCUT2D eigenvalue weighted by Crippen LogP contribution is 2.25. The Hall–Kier alpha value is -1.05. The van der Waals surface area contributed by atoms with Crippen molar-refractivity contribution >= 4 is 5.97 Å². The van der Waals surface area contributed by atoms with E-state index in [-0.39, 0.29) is 17.8 Å². The molecule has 0 spiro atoms. The zero-order chi connectivity index (χ0) is 8.27. The Kier molecular flexibility index (Phi) is 2.47. The summed E-state index contributed by atoms with van der Waals surface area (Å²) in [7, 11) is 0. The fourth-order valence-corrected chi connectivity index (χ4v) is 1.26. The Labute approximate surface area is 66.5 Å². The number of rotatable bonds is 3. The topological polar surface area (TPSA) is 26.3 Å². The van der Waals surface area contributed by atoms with E-state index in [9.17, 15) is 4.79 Å². The third-order valence-electron chi connectivity index (χ3n) is 1.96. The molecule has 1 aliphatic heterocycles. The molecule has 0 aromatic rings. The molecule has 1 aliphatic rings. The first-order valence-electron chi connectivity index (χ1n) is 3.69. The SMILES string of the molecule is C=CC[C@@H]1C(=O)OC[C@H]1C=C. The van der Waals surface area contributed by atoms with Crippen LogP contribution in [0.4, 0.5) is 0 Å². The number of hydrogen-bond acceptors (Lipinski definition) is 2. The van der Waals surface area contributed by atoms with E-state index in [1.807, 2.05) is 0 Å². The maximum atomic E-state index is 11.0. The van der Waals surface area contributed by atoms with Gasteiger partial charge >= 0.3 is 5.97 Å². The van der Waals surface area contributed by atoms with Crippen LogP contribution in [0.25, 0.3) is 0 Å². The number of allylic oxidation sites excluding steroid dienone is 1. The Morgan fingerprint density at radius 3 is 2.91 bits per heavy atom. The molecule has 0 radical (unpaired) electrons. The van der Waals surface area contributed by atoms with Crippen LogP contribution in [0.2, 0.25) is 0 Å². The molecule has 1 fully saturated rings. The molecule has 0 bridgehead atoms. The molecule has 0 unspecified atom stereocenters. The Morgan fingerprint density at radius 2 is 2.36 bits per heavy atom. The van der Waals surface area contributed by atoms with E-state index in [4.69, 9.17) is 4.74 Å². The van der Waals surface area contributed by atoms with Crippen molar-refractivity contribution in [3.8, 4) is 0 Å². The Balaban J connectivity index is 2.62. The van der Waals surface area contributed by atoms with Crippen LogP contribution in [-0.4, -0.2) is 12.6 Å². The molecule has 0 aromatic heterocycles. The van der Waals surface area contributed by atoms with Crippen LogP contribution in [0.3, 0.4) is 0 Å². The summed E-state index contributed by atoms with van der Waals surface area (Å²) in [6, 6.07) is 0. The van der Waals surface area contributed by atoms with Gasteiger partial charge in [-0.3, -0.25) is 4.79 Å². The van der Waals surface area contributed by atoms with Gasteiger partial charge in [-0.25, -0.2) is 0 Å². The normalized spacial score (nSPS) is 29.6. The summed E-state index contributed by atoms with van der Waals surface area (Å²) in [5, 5.41) is 0. The molecule has 0 aromatic carbocycles. The van der Waals surface area contributed by atoms with Crippen molar-refractivity contribution in [1.82, 2.24) is 0 Å². The lowest BCUT2D eigenvalue weighted by molar-refractivity contribution is -0.141. The molecule has 11 heavy (non-hydrogen) atoms. The van der Waals surface area contributed by atoms with Crippen LogP contribution in [0.15, 0.2) is 25.3 Å². The number of ether oxygens (including phenoxy) is 1. The van der Waals surface area contributed by atoms with Gasteiger partial charge in [0, 0.05) is 5.92 Å². The van der Waals surface area contributed by atoms with Gasteiger partial charge in [0.15, 0.2) is 0 Å². The first kappa shape index (κ1) is 8.05. The van der Waals surface area contributed by atoms with Gasteiger partial charge in [-0.2, -0.15) is 0 Å². The second-order valence-corrected chi connectivity index (χ2v) is 2.66. The highest BCUT2D eigenvalue weighted by atomic mass is 16.5. The number of hydrogen-bond donors (Lipinski definition) is 0. The highest BCUT2D eigenvalue weighted by molar-refractivity contribution is 5.75. The third-order valence-corrected chi connectivity index (χ3v) is 1.96. The maximum absolute atomic E-state index is 11.0. The Morgan fingerprint density at radius 1 is 1.64 bits per heavy atom. The fourth-order valence-electron chi connectivity index (χ4n) is 1.26. The highest BCUT2D eigenvalue weighted by Gasteiger charge is 2.33. The quantitative estimate of drug-likeness (QED) is 0.453. The van der Waals surface area contributed by atoms with Gasteiger partial charge in [-0.1, -0.05) is 12.2 Å². The Bertz CT molecular complexity index is 184. The van der Waals surface area contributed by atoms with Crippen molar-refractivity contribution in [1.29, 1.82) is 0 Å². The maximum Gasteiger partial charge on any atom is 0.309 e. The largest absolute Gasteiger partial charge is 0.465 e. The summed E-state index contributed by atoms with van der Waals surface area (Å²) in [6.07, 6.45) is 4.21. The minimum Gasteiger partial charge on any atom is -0.465 e. The lowest BCUT2D eigenvalue weighted by Crippen LogP contribution is -2.12. The van der Waals surface area contributed by atoms with Crippen LogP contribution < -0.4 is 0 Å². The number of carbonyl (C=O) groups excluding carboxylic acids is 1. The molecule has 60 valence electrons. The molecule has 0 aliphatic carbocycles. The molecule has 0 saturated carbocycles. The van der Waals surface area contributed by atoms with Gasteiger partial charge < -0.3 is 4.74 Å². The molecular weight excluding hydrogens is 140 g/mol. The van der Waals surface area contributed by atoms with Gasteiger partial charge in [0.1, 0.15) is 0 Å². The summed E-state index contributed by atoms with van der Waals surface area (Å²) < 4.78 is 4.86. The predicted molar refractivity (Wildman–Crippen MR) is 43.0 cm³/mol. The van der Waals surface area contributed by atoms with E-state index < -0.39 is 0 Å². The van der Waals surface area contributed by atoms with Crippen molar-refractivity contribution in [2.45, 2.75) is 6.42 Å². The minimum absolute atomic E-state index is 0.0370. The predicted octanol–water partition coefficient (Wildman–Crippen LogP) is 1.54. The van der Waals surface area contributed by atoms with Crippen molar-refractivity contribution < 1.29 is 9.53 Å². The molecule has 1 heterocycles. The molecule has 2 heteroatoms. The fraction of sp³-hybridized carbons (Fsp3) is 0.444. The van der Waals surface area contributed by atoms with E-state index in [2.05, 4.69) is 13.2 Å². The summed E-state index contributed by atoms with van der Waals surface area (Å²) in [6.45, 7) is 7.72. The lowest BCUT2D eigenvalue weighted by Gasteiger charge is -2.06. The van der Waals surface area contributed by atoms with Gasteiger partial charge in [0.25, 0.3) is 0 Å². The molecule has 2 atom stereocenters. The van der Waals surface area contributed by atoms with E-state index in [1.54, 1.807) is 12.2 Å². The first-order chi connectivity index (χ1) is 5.29. The summed E-state index contributed by atoms with van der Waals surface area (Å²) in [4.78, 5) is 11.0. The van der Waals surface area contributed by atoms with E-state index in [0.29, 0.717) is 13.0 Å². The number of esters is 1. The van der Waals surface area contributed by atoms with Crippen molar-refractivity contribution in [2.75, 3.05) is 6.61 Å². The number of cyclic esters (lactones) is 1. The zero-order valence-corrected chi connectivity index (χ0v) is 6.45. The summed E-state index contributed by atoms with van der Waals surface area (Å²) >= 11 is 0. The average molecular weight is 152 g/mol. The lowest BCUT2D eigenvalue weighted by atomic mass is 9.93. The van der Waals surface area contributed by atoms with E-state index in [1.165, 1.54) is 0 Å². The van der Waals surface area contributed by atoms with Gasteiger partial charge in [0.2, 0.25) is 0 Å². The third kappa shape index (κ3) is 1.50. The molecular formula is C9H12O2. The van der Waals surface area contributed by atoms with Crippen LogP contribution >= 0.6 is 0 Å². The first-order valence-corrected chi connectivity index (χ1v) is 3.69. The van der Waals surface area contributed by atoms with Crippen LogP contribution in [-0.2, 0) is 9.53 Å². The second-order valence-electron chi connectivity index (χ2n) is 2.66. The second kappa shape index (κ2) is 3.37. The molecule has 1 rings (SSSR count). The van der Waals surface area contributed by atoms with Crippen LogP contribution in [0, 0.1) is 11.8 Å². The van der Waals surface area contributed by atoms with Gasteiger partial charge in [-0.05, 0) is 6.42 Å². The van der Waals surface area contributed by atoms with Gasteiger partial charge in [-0.15, -0.1) is 13.2 Å². The zero-order valence-electron chi connectivity index (χ0n) is 6.45. The van der Waals surface area contributed by atoms with Crippen LogP contribution in [0.1, 0.15) is 6.42 Å².